The maximum absolute atomic E-state index is 14.5. The number of nitrogens with zero attached hydrogens (tertiary/aromatic N) is 1. The van der Waals surface area contributed by atoms with Crippen molar-refractivity contribution < 1.29 is 55.3 Å². The Balaban J connectivity index is 2.70. The minimum atomic E-state index is -6.32. The molecule has 0 saturated heterocycles. The Kier molecular flexibility index (Phi) is 9.59. The number of carbonyl (C=O) groups is 3. The number of aromatic carboxylic acids is 2. The molecule has 1 atom stereocenters. The van der Waals surface area contributed by atoms with Crippen molar-refractivity contribution in [1.29, 1.82) is 0 Å². The van der Waals surface area contributed by atoms with Gasteiger partial charge in [0.2, 0.25) is 5.91 Å². The summed E-state index contributed by atoms with van der Waals surface area (Å²) in [7, 11) is 3.01. The molecule has 1 amide bonds. The standard InChI is InChI=1S/C24H23F7IN3O5/c1-10-7-12(22(25,23(26,27)28)24(29,30)31)5-6-14(10)34-19-15(33-11(2)8-16(36)35(3)4)9-13(20(37)38)17(18(19)32)21(39)40/h5-7,9,11,33-34H,8H2,1-4H3,(H,37,38)(H,39,40). The zero-order chi connectivity index (χ0) is 31.0. The monoisotopic (exact) mass is 693 g/mol. The molecule has 0 radical (unpaired) electrons. The molecule has 2 rings (SSSR count). The van der Waals surface area contributed by atoms with Gasteiger partial charge in [0.25, 0.3) is 0 Å². The van der Waals surface area contributed by atoms with Gasteiger partial charge in [0, 0.05) is 37.8 Å². The Morgan fingerprint density at radius 3 is 1.93 bits per heavy atom. The smallest absolute Gasteiger partial charge is 0.435 e. The quantitative estimate of drug-likeness (QED) is 0.180. The average Bonchev–Trinajstić information content (AvgIpc) is 2.79. The summed E-state index contributed by atoms with van der Waals surface area (Å²) < 4.78 is 93.6. The van der Waals surface area contributed by atoms with Crippen molar-refractivity contribution >= 4 is 57.5 Å². The van der Waals surface area contributed by atoms with E-state index in [0.717, 1.165) is 19.1 Å². The van der Waals surface area contributed by atoms with E-state index in [1.54, 1.807) is 6.92 Å². The van der Waals surface area contributed by atoms with Gasteiger partial charge in [0.15, 0.2) is 0 Å². The van der Waals surface area contributed by atoms with Crippen molar-refractivity contribution in [2.45, 2.75) is 44.3 Å². The van der Waals surface area contributed by atoms with Crippen molar-refractivity contribution in [2.75, 3.05) is 24.7 Å². The highest BCUT2D eigenvalue weighted by Crippen LogP contribution is 2.53. The number of nitrogens with one attached hydrogen (secondary N) is 2. The first-order valence-corrected chi connectivity index (χ1v) is 12.2. The van der Waals surface area contributed by atoms with E-state index in [-0.39, 0.29) is 38.5 Å². The van der Waals surface area contributed by atoms with Crippen molar-refractivity contribution in [3.05, 3.63) is 50.1 Å². The van der Waals surface area contributed by atoms with Gasteiger partial charge in [-0.25, -0.2) is 14.0 Å². The van der Waals surface area contributed by atoms with E-state index < -0.39 is 52.7 Å². The first kappa shape index (κ1) is 32.9. The Morgan fingerprint density at radius 1 is 0.950 bits per heavy atom. The number of carbonyl (C=O) groups excluding carboxylic acids is 1. The molecule has 2 aromatic carbocycles. The van der Waals surface area contributed by atoms with Crippen molar-refractivity contribution in [2.24, 2.45) is 0 Å². The summed E-state index contributed by atoms with van der Waals surface area (Å²) >= 11 is 1.52. The summed E-state index contributed by atoms with van der Waals surface area (Å²) in [5, 5.41) is 24.8. The number of hydrogen-bond acceptors (Lipinski definition) is 5. The number of benzene rings is 2. The molecule has 0 aliphatic heterocycles. The lowest BCUT2D eigenvalue weighted by Gasteiger charge is -2.31. The number of carboxylic acids is 2. The third-order valence-corrected chi connectivity index (χ3v) is 6.84. The predicted octanol–water partition coefficient (Wildman–Crippen LogP) is 6.31. The van der Waals surface area contributed by atoms with Crippen LogP contribution in [0.5, 0.6) is 0 Å². The second-order valence-electron chi connectivity index (χ2n) is 8.99. The average molecular weight is 693 g/mol. The Hall–Kier alpha value is -3.31. The van der Waals surface area contributed by atoms with Crippen LogP contribution in [0.25, 0.3) is 0 Å². The zero-order valence-electron chi connectivity index (χ0n) is 21.2. The minimum Gasteiger partial charge on any atom is -0.478 e. The Labute approximate surface area is 236 Å². The Bertz CT molecular complexity index is 1320. The molecule has 0 spiro atoms. The van der Waals surface area contributed by atoms with Gasteiger partial charge < -0.3 is 25.7 Å². The van der Waals surface area contributed by atoms with Crippen molar-refractivity contribution in [3.8, 4) is 0 Å². The lowest BCUT2D eigenvalue weighted by atomic mass is 9.92. The fraction of sp³-hybridized carbons (Fsp3) is 0.375. The molecular formula is C24H23F7IN3O5. The highest BCUT2D eigenvalue weighted by atomic mass is 127. The third-order valence-electron chi connectivity index (χ3n) is 5.76. The third kappa shape index (κ3) is 6.52. The maximum atomic E-state index is 14.5. The lowest BCUT2D eigenvalue weighted by molar-refractivity contribution is -0.348. The largest absolute Gasteiger partial charge is 0.478 e. The van der Waals surface area contributed by atoms with Crippen LogP contribution in [-0.2, 0) is 10.5 Å². The topological polar surface area (TPSA) is 119 Å². The molecule has 0 fully saturated rings. The van der Waals surface area contributed by atoms with Crippen LogP contribution in [0, 0.1) is 10.5 Å². The molecule has 0 bridgehead atoms. The van der Waals surface area contributed by atoms with Gasteiger partial charge in [0.05, 0.1) is 26.1 Å². The second kappa shape index (κ2) is 11.7. The summed E-state index contributed by atoms with van der Waals surface area (Å²) in [6.45, 7) is 2.67. The van der Waals surface area contributed by atoms with Crippen molar-refractivity contribution in [3.63, 3.8) is 0 Å². The highest BCUT2D eigenvalue weighted by Gasteiger charge is 2.73. The minimum absolute atomic E-state index is 0.0280. The number of rotatable bonds is 9. The molecule has 0 heterocycles. The van der Waals surface area contributed by atoms with Gasteiger partial charge in [-0.1, -0.05) is 12.1 Å². The normalized spacial score (nSPS) is 13.0. The van der Waals surface area contributed by atoms with E-state index in [4.69, 9.17) is 0 Å². The molecule has 0 saturated carbocycles. The van der Waals surface area contributed by atoms with E-state index >= 15 is 0 Å². The number of carboxylic acid groups (broad SMARTS) is 2. The molecule has 16 heteroatoms. The van der Waals surface area contributed by atoms with Crippen LogP contribution in [0.2, 0.25) is 0 Å². The van der Waals surface area contributed by atoms with Gasteiger partial charge >= 0.3 is 30.0 Å². The molecule has 0 aromatic heterocycles. The maximum Gasteiger partial charge on any atom is 0.435 e. The van der Waals surface area contributed by atoms with E-state index in [0.29, 0.717) is 12.1 Å². The molecule has 40 heavy (non-hydrogen) atoms. The summed E-state index contributed by atoms with van der Waals surface area (Å²) in [5.41, 5.74) is -9.17. The summed E-state index contributed by atoms with van der Waals surface area (Å²) in [6, 6.07) is 1.72. The summed E-state index contributed by atoms with van der Waals surface area (Å²) in [5.74, 6) is -3.53. The van der Waals surface area contributed by atoms with Crippen LogP contribution in [0.1, 0.15) is 45.2 Å². The Morgan fingerprint density at radius 2 is 1.50 bits per heavy atom. The molecular weight excluding hydrogens is 670 g/mol. The molecule has 2 aromatic rings. The highest BCUT2D eigenvalue weighted by molar-refractivity contribution is 14.1. The SMILES string of the molecule is Cc1cc(C(F)(C(F)(F)F)C(F)(F)F)ccc1Nc1c(NC(C)CC(=O)N(C)C)cc(C(=O)O)c(C(=O)O)c1I. The number of anilines is 3. The number of hydrogen-bond donors (Lipinski definition) is 4. The van der Waals surface area contributed by atoms with Gasteiger partial charge in [0.1, 0.15) is 0 Å². The molecule has 0 aliphatic rings. The van der Waals surface area contributed by atoms with Crippen LogP contribution < -0.4 is 10.6 Å². The van der Waals surface area contributed by atoms with Gasteiger partial charge in [-0.05, 0) is 54.1 Å². The zero-order valence-corrected chi connectivity index (χ0v) is 23.3. The van der Waals surface area contributed by atoms with E-state index in [1.165, 1.54) is 41.6 Å². The number of amides is 1. The number of alkyl halides is 7. The van der Waals surface area contributed by atoms with Gasteiger partial charge in [-0.15, -0.1) is 0 Å². The van der Waals surface area contributed by atoms with Crippen molar-refractivity contribution in [1.82, 2.24) is 4.90 Å². The molecule has 8 nitrogen and oxygen atoms in total. The van der Waals surface area contributed by atoms with Crippen LogP contribution >= 0.6 is 22.6 Å². The van der Waals surface area contributed by atoms with Crippen LogP contribution in [0.4, 0.5) is 47.8 Å². The lowest BCUT2D eigenvalue weighted by Crippen LogP contribution is -2.50. The molecule has 0 aliphatic carbocycles. The van der Waals surface area contributed by atoms with E-state index in [1.807, 2.05) is 0 Å². The fourth-order valence-electron chi connectivity index (χ4n) is 3.67. The fourth-order valence-corrected chi connectivity index (χ4v) is 4.61. The van der Waals surface area contributed by atoms with Crippen LogP contribution in [0.15, 0.2) is 24.3 Å². The molecule has 1 unspecified atom stereocenters. The molecule has 220 valence electrons. The first-order chi connectivity index (χ1) is 18.1. The van der Waals surface area contributed by atoms with Gasteiger partial charge in [-0.2, -0.15) is 26.3 Å². The number of halogens is 8. The van der Waals surface area contributed by atoms with Gasteiger partial charge in [-0.3, -0.25) is 4.79 Å². The van der Waals surface area contributed by atoms with E-state index in [2.05, 4.69) is 10.6 Å². The summed E-state index contributed by atoms with van der Waals surface area (Å²) in [6.07, 6.45) is -12.7. The number of aryl methyl sites for hydroxylation is 1. The second-order valence-corrected chi connectivity index (χ2v) is 10.1. The van der Waals surface area contributed by atoms with Crippen LogP contribution in [0.3, 0.4) is 0 Å². The van der Waals surface area contributed by atoms with E-state index in [9.17, 15) is 55.3 Å². The predicted molar refractivity (Wildman–Crippen MR) is 139 cm³/mol. The summed E-state index contributed by atoms with van der Waals surface area (Å²) in [4.78, 5) is 37.1. The molecule has 4 N–H and O–H groups in total. The van der Waals surface area contributed by atoms with Crippen LogP contribution in [-0.4, -0.2) is 65.4 Å². The first-order valence-electron chi connectivity index (χ1n) is 11.1.